The molecule has 2 heterocycles. The van der Waals surface area contributed by atoms with Gasteiger partial charge in [0.1, 0.15) is 5.69 Å². The normalized spacial score (nSPS) is 13.9. The van der Waals surface area contributed by atoms with Crippen LogP contribution in [0, 0.1) is 12.8 Å². The van der Waals surface area contributed by atoms with E-state index in [1.165, 1.54) is 6.20 Å². The molecule has 3 rings (SSSR count). The molecule has 1 fully saturated rings. The molecule has 2 amide bonds. The van der Waals surface area contributed by atoms with E-state index >= 15 is 0 Å². The van der Waals surface area contributed by atoms with Gasteiger partial charge in [0, 0.05) is 19.5 Å². The quantitative estimate of drug-likeness (QED) is 0.875. The van der Waals surface area contributed by atoms with Crippen molar-refractivity contribution in [3.63, 3.8) is 0 Å². The highest BCUT2D eigenvalue weighted by Gasteiger charge is 2.31. The van der Waals surface area contributed by atoms with Crippen molar-refractivity contribution in [2.75, 3.05) is 10.6 Å². The van der Waals surface area contributed by atoms with Gasteiger partial charge in [0.05, 0.1) is 29.5 Å². The average molecular weight is 316 g/mol. The maximum absolute atomic E-state index is 12.6. The average Bonchev–Trinajstić information content (AvgIpc) is 3.25. The standard InChI is InChI=1S/C15H20N6O2/c1-4-21-13(12(8-17-21)19-14(22)10-5-6-10)15(23)18-11-7-16-20(3)9(11)2/h7-8,10H,4-6H2,1-3H3,(H,18,23)(H,19,22). The summed E-state index contributed by atoms with van der Waals surface area (Å²) in [4.78, 5) is 24.6. The maximum Gasteiger partial charge on any atom is 0.276 e. The Labute approximate surface area is 133 Å². The molecule has 0 atom stereocenters. The molecular formula is C15H20N6O2. The lowest BCUT2D eigenvalue weighted by Crippen LogP contribution is -2.21. The molecule has 2 aromatic rings. The van der Waals surface area contributed by atoms with E-state index in [9.17, 15) is 9.59 Å². The van der Waals surface area contributed by atoms with Crippen molar-refractivity contribution in [1.29, 1.82) is 0 Å². The number of nitrogens with zero attached hydrogens (tertiary/aromatic N) is 4. The molecule has 8 heteroatoms. The van der Waals surface area contributed by atoms with Crippen molar-refractivity contribution in [3.05, 3.63) is 23.8 Å². The summed E-state index contributed by atoms with van der Waals surface area (Å²) >= 11 is 0. The smallest absolute Gasteiger partial charge is 0.276 e. The van der Waals surface area contributed by atoms with Crippen molar-refractivity contribution >= 4 is 23.2 Å². The Morgan fingerprint density at radius 2 is 1.91 bits per heavy atom. The molecule has 0 unspecified atom stereocenters. The Balaban J connectivity index is 1.84. The molecular weight excluding hydrogens is 296 g/mol. The van der Waals surface area contributed by atoms with Gasteiger partial charge < -0.3 is 10.6 Å². The Hall–Kier alpha value is -2.64. The second-order valence-corrected chi connectivity index (χ2v) is 5.71. The highest BCUT2D eigenvalue weighted by molar-refractivity contribution is 6.09. The van der Waals surface area contributed by atoms with E-state index in [0.717, 1.165) is 18.5 Å². The first-order chi connectivity index (χ1) is 11.0. The number of anilines is 2. The van der Waals surface area contributed by atoms with Crippen molar-refractivity contribution in [2.24, 2.45) is 13.0 Å². The molecule has 2 N–H and O–H groups in total. The fraction of sp³-hybridized carbons (Fsp3) is 0.467. The summed E-state index contributed by atoms with van der Waals surface area (Å²) in [7, 11) is 1.81. The van der Waals surface area contributed by atoms with E-state index in [4.69, 9.17) is 0 Å². The summed E-state index contributed by atoms with van der Waals surface area (Å²) in [5.41, 5.74) is 2.29. The van der Waals surface area contributed by atoms with Gasteiger partial charge in [-0.05, 0) is 26.7 Å². The first-order valence-electron chi connectivity index (χ1n) is 7.67. The lowest BCUT2D eigenvalue weighted by atomic mass is 10.3. The summed E-state index contributed by atoms with van der Waals surface area (Å²) < 4.78 is 3.26. The van der Waals surface area contributed by atoms with Crippen LogP contribution in [-0.4, -0.2) is 31.4 Å². The van der Waals surface area contributed by atoms with Crippen molar-refractivity contribution in [2.45, 2.75) is 33.2 Å². The third-order valence-corrected chi connectivity index (χ3v) is 4.04. The second-order valence-electron chi connectivity index (χ2n) is 5.71. The van der Waals surface area contributed by atoms with Gasteiger partial charge in [0.25, 0.3) is 5.91 Å². The number of aryl methyl sites for hydroxylation is 2. The molecule has 0 aromatic carbocycles. The lowest BCUT2D eigenvalue weighted by molar-refractivity contribution is -0.117. The highest BCUT2D eigenvalue weighted by atomic mass is 16.2. The van der Waals surface area contributed by atoms with Crippen LogP contribution in [0.4, 0.5) is 11.4 Å². The molecule has 1 aliphatic carbocycles. The summed E-state index contributed by atoms with van der Waals surface area (Å²) in [5.74, 6) is -0.296. The first kappa shape index (κ1) is 15.3. The molecule has 1 aliphatic rings. The van der Waals surface area contributed by atoms with E-state index in [2.05, 4.69) is 20.8 Å². The number of aromatic nitrogens is 4. The van der Waals surface area contributed by atoms with Crippen molar-refractivity contribution in [1.82, 2.24) is 19.6 Å². The largest absolute Gasteiger partial charge is 0.323 e. The van der Waals surface area contributed by atoms with E-state index < -0.39 is 0 Å². The van der Waals surface area contributed by atoms with Crippen LogP contribution < -0.4 is 10.6 Å². The number of carbonyl (C=O) groups is 2. The Bertz CT molecular complexity index is 756. The third kappa shape index (κ3) is 2.96. The van der Waals surface area contributed by atoms with Crippen LogP contribution >= 0.6 is 0 Å². The molecule has 0 bridgehead atoms. The lowest BCUT2D eigenvalue weighted by Gasteiger charge is -2.09. The zero-order valence-electron chi connectivity index (χ0n) is 13.5. The number of carbonyl (C=O) groups excluding carboxylic acids is 2. The molecule has 2 aromatic heterocycles. The Morgan fingerprint density at radius 3 is 2.48 bits per heavy atom. The minimum Gasteiger partial charge on any atom is -0.323 e. The molecule has 8 nitrogen and oxygen atoms in total. The number of hydrogen-bond acceptors (Lipinski definition) is 4. The minimum absolute atomic E-state index is 0.0488. The topological polar surface area (TPSA) is 93.8 Å². The second kappa shape index (κ2) is 5.86. The third-order valence-electron chi connectivity index (χ3n) is 4.04. The molecule has 0 saturated heterocycles. The Morgan fingerprint density at radius 1 is 1.22 bits per heavy atom. The van der Waals surface area contributed by atoms with Crippen LogP contribution in [0.15, 0.2) is 12.4 Å². The predicted octanol–water partition coefficient (Wildman–Crippen LogP) is 1.55. The van der Waals surface area contributed by atoms with Crippen LogP contribution in [0.2, 0.25) is 0 Å². The van der Waals surface area contributed by atoms with Crippen LogP contribution in [0.3, 0.4) is 0 Å². The number of hydrogen-bond donors (Lipinski definition) is 2. The van der Waals surface area contributed by atoms with Crippen LogP contribution in [0.1, 0.15) is 35.9 Å². The van der Waals surface area contributed by atoms with Gasteiger partial charge in [0.15, 0.2) is 0 Å². The summed E-state index contributed by atoms with van der Waals surface area (Å²) in [6.45, 7) is 4.30. The van der Waals surface area contributed by atoms with Crippen LogP contribution in [0.25, 0.3) is 0 Å². The molecule has 122 valence electrons. The maximum atomic E-state index is 12.6. The predicted molar refractivity (Wildman–Crippen MR) is 85.2 cm³/mol. The SMILES string of the molecule is CCn1ncc(NC(=O)C2CC2)c1C(=O)Nc1cnn(C)c1C. The minimum atomic E-state index is -0.313. The zero-order chi connectivity index (χ0) is 16.6. The first-order valence-corrected chi connectivity index (χ1v) is 7.67. The molecule has 23 heavy (non-hydrogen) atoms. The zero-order valence-corrected chi connectivity index (χ0v) is 13.5. The van der Waals surface area contributed by atoms with Gasteiger partial charge in [-0.3, -0.25) is 19.0 Å². The van der Waals surface area contributed by atoms with Gasteiger partial charge in [-0.2, -0.15) is 10.2 Å². The summed E-state index contributed by atoms with van der Waals surface area (Å²) in [6, 6.07) is 0. The molecule has 0 radical (unpaired) electrons. The van der Waals surface area contributed by atoms with Gasteiger partial charge in [-0.25, -0.2) is 0 Å². The molecule has 0 aliphatic heterocycles. The fourth-order valence-corrected chi connectivity index (χ4v) is 2.34. The molecule has 1 saturated carbocycles. The van der Waals surface area contributed by atoms with E-state index in [-0.39, 0.29) is 17.7 Å². The van der Waals surface area contributed by atoms with Gasteiger partial charge in [-0.1, -0.05) is 0 Å². The highest BCUT2D eigenvalue weighted by Crippen LogP contribution is 2.30. The summed E-state index contributed by atoms with van der Waals surface area (Å²) in [6.07, 6.45) is 4.94. The number of amides is 2. The van der Waals surface area contributed by atoms with E-state index in [1.54, 1.807) is 15.6 Å². The van der Waals surface area contributed by atoms with E-state index in [1.807, 2.05) is 20.9 Å². The van der Waals surface area contributed by atoms with Crippen molar-refractivity contribution < 1.29 is 9.59 Å². The van der Waals surface area contributed by atoms with Gasteiger partial charge in [0.2, 0.25) is 5.91 Å². The van der Waals surface area contributed by atoms with Gasteiger partial charge >= 0.3 is 0 Å². The van der Waals surface area contributed by atoms with Crippen LogP contribution in [-0.2, 0) is 18.4 Å². The number of nitrogens with one attached hydrogen (secondary N) is 2. The monoisotopic (exact) mass is 316 g/mol. The van der Waals surface area contributed by atoms with Crippen LogP contribution in [0.5, 0.6) is 0 Å². The summed E-state index contributed by atoms with van der Waals surface area (Å²) in [5, 5.41) is 13.9. The number of rotatable bonds is 5. The fourth-order valence-electron chi connectivity index (χ4n) is 2.34. The Kier molecular flexibility index (Phi) is 3.89. The van der Waals surface area contributed by atoms with E-state index in [0.29, 0.717) is 23.6 Å². The van der Waals surface area contributed by atoms with Gasteiger partial charge in [-0.15, -0.1) is 0 Å². The van der Waals surface area contributed by atoms with Crippen molar-refractivity contribution in [3.8, 4) is 0 Å². The molecule has 0 spiro atoms.